The van der Waals surface area contributed by atoms with Crippen molar-refractivity contribution in [1.29, 1.82) is 0 Å². The first-order valence-corrected chi connectivity index (χ1v) is 6.65. The molecule has 4 heteroatoms. The van der Waals surface area contributed by atoms with Crippen LogP contribution in [0.5, 0.6) is 0 Å². The molecule has 2 N–H and O–H groups in total. The number of urea groups is 1. The highest BCUT2D eigenvalue weighted by molar-refractivity contribution is 5.90. The number of carbonyl (C=O) groups excluding carboxylic acids is 1. The standard InChI is InChI=1S/C15H19FN2O/c1-11(12-6-2-3-7-12)10-17-15(19)18-14-9-5-4-8-13(14)16/h4-5,8-10,12H,2-3,6-7H2,1H3,(H2,17,18,19)/b11-10+. The van der Waals surface area contributed by atoms with Gasteiger partial charge in [0.25, 0.3) is 0 Å². The molecular formula is C15H19FN2O. The molecule has 3 nitrogen and oxygen atoms in total. The third kappa shape index (κ3) is 3.81. The highest BCUT2D eigenvalue weighted by Crippen LogP contribution is 2.30. The van der Waals surface area contributed by atoms with Gasteiger partial charge in [-0.2, -0.15) is 0 Å². The number of anilines is 1. The summed E-state index contributed by atoms with van der Waals surface area (Å²) in [5.74, 6) is 0.142. The zero-order chi connectivity index (χ0) is 13.7. The van der Waals surface area contributed by atoms with Gasteiger partial charge in [0, 0.05) is 6.20 Å². The number of hydrogen-bond acceptors (Lipinski definition) is 1. The van der Waals surface area contributed by atoms with Crippen LogP contribution in [0.4, 0.5) is 14.9 Å². The number of carbonyl (C=O) groups is 1. The molecule has 1 aliphatic rings. The summed E-state index contributed by atoms with van der Waals surface area (Å²) in [6, 6.07) is 5.70. The zero-order valence-corrected chi connectivity index (χ0v) is 11.1. The maximum Gasteiger partial charge on any atom is 0.323 e. The average Bonchev–Trinajstić information content (AvgIpc) is 2.93. The molecule has 0 saturated heterocycles. The Morgan fingerprint density at radius 2 is 2.00 bits per heavy atom. The second kappa shape index (κ2) is 6.36. The van der Waals surface area contributed by atoms with Crippen LogP contribution in [-0.4, -0.2) is 6.03 Å². The van der Waals surface area contributed by atoms with Crippen LogP contribution in [0, 0.1) is 11.7 Å². The first-order chi connectivity index (χ1) is 9.16. The lowest BCUT2D eigenvalue weighted by atomic mass is 10.0. The van der Waals surface area contributed by atoms with Gasteiger partial charge in [0.1, 0.15) is 5.82 Å². The Labute approximate surface area is 112 Å². The van der Waals surface area contributed by atoms with E-state index in [1.54, 1.807) is 18.3 Å². The maximum atomic E-state index is 13.3. The Morgan fingerprint density at radius 3 is 2.68 bits per heavy atom. The predicted molar refractivity (Wildman–Crippen MR) is 74.3 cm³/mol. The fraction of sp³-hybridized carbons (Fsp3) is 0.400. The van der Waals surface area contributed by atoms with E-state index < -0.39 is 11.8 Å². The van der Waals surface area contributed by atoms with E-state index in [0.29, 0.717) is 5.92 Å². The topological polar surface area (TPSA) is 41.1 Å². The molecular weight excluding hydrogens is 243 g/mol. The van der Waals surface area contributed by atoms with Crippen molar-refractivity contribution >= 4 is 11.7 Å². The van der Waals surface area contributed by atoms with Crippen LogP contribution in [0.25, 0.3) is 0 Å². The smallest absolute Gasteiger partial charge is 0.314 e. The van der Waals surface area contributed by atoms with Gasteiger partial charge in [0.05, 0.1) is 5.69 Å². The number of rotatable bonds is 3. The summed E-state index contributed by atoms with van der Waals surface area (Å²) >= 11 is 0. The minimum atomic E-state index is -0.436. The lowest BCUT2D eigenvalue weighted by Crippen LogP contribution is -2.25. The second-order valence-electron chi connectivity index (χ2n) is 4.95. The Hall–Kier alpha value is -1.84. The van der Waals surface area contributed by atoms with Gasteiger partial charge < -0.3 is 10.6 Å². The Bertz CT molecular complexity index is 479. The molecule has 1 saturated carbocycles. The normalized spacial score (nSPS) is 16.4. The maximum absolute atomic E-state index is 13.3. The molecule has 1 aromatic rings. The van der Waals surface area contributed by atoms with E-state index in [-0.39, 0.29) is 5.69 Å². The van der Waals surface area contributed by atoms with Crippen LogP contribution in [-0.2, 0) is 0 Å². The summed E-state index contributed by atoms with van der Waals surface area (Å²) in [5, 5.41) is 5.14. The van der Waals surface area contributed by atoms with Crippen molar-refractivity contribution in [3.63, 3.8) is 0 Å². The number of benzene rings is 1. The van der Waals surface area contributed by atoms with Crippen molar-refractivity contribution in [2.75, 3.05) is 5.32 Å². The average molecular weight is 262 g/mol. The minimum absolute atomic E-state index is 0.187. The lowest BCUT2D eigenvalue weighted by molar-refractivity contribution is 0.255. The summed E-state index contributed by atoms with van der Waals surface area (Å²) in [6.07, 6.45) is 6.64. The quantitative estimate of drug-likeness (QED) is 0.848. The van der Waals surface area contributed by atoms with Gasteiger partial charge in [-0.05, 0) is 37.8 Å². The van der Waals surface area contributed by atoms with Gasteiger partial charge in [-0.15, -0.1) is 0 Å². The molecule has 102 valence electrons. The number of para-hydroxylation sites is 1. The Kier molecular flexibility index (Phi) is 4.55. The molecule has 0 aliphatic heterocycles. The number of amides is 2. The molecule has 19 heavy (non-hydrogen) atoms. The van der Waals surface area contributed by atoms with Crippen LogP contribution in [0.3, 0.4) is 0 Å². The van der Waals surface area contributed by atoms with Crippen LogP contribution in [0.2, 0.25) is 0 Å². The number of halogens is 1. The van der Waals surface area contributed by atoms with Crippen LogP contribution in [0.15, 0.2) is 36.0 Å². The third-order valence-electron chi connectivity index (χ3n) is 3.55. The predicted octanol–water partition coefficient (Wildman–Crippen LogP) is 4.04. The van der Waals surface area contributed by atoms with Crippen LogP contribution >= 0.6 is 0 Å². The minimum Gasteiger partial charge on any atom is -0.314 e. The van der Waals surface area contributed by atoms with Gasteiger partial charge in [0.2, 0.25) is 0 Å². The van der Waals surface area contributed by atoms with E-state index in [0.717, 1.165) is 0 Å². The highest BCUT2D eigenvalue weighted by atomic mass is 19.1. The monoisotopic (exact) mass is 262 g/mol. The van der Waals surface area contributed by atoms with Gasteiger partial charge in [-0.1, -0.05) is 30.5 Å². The molecule has 0 bridgehead atoms. The SMILES string of the molecule is C/C(=C\NC(=O)Nc1ccccc1F)C1CCCC1. The molecule has 1 fully saturated rings. The van der Waals surface area contributed by atoms with Crippen molar-refractivity contribution in [3.8, 4) is 0 Å². The Balaban J connectivity index is 1.87. The van der Waals surface area contributed by atoms with Crippen molar-refractivity contribution in [2.45, 2.75) is 32.6 Å². The molecule has 2 rings (SSSR count). The highest BCUT2D eigenvalue weighted by Gasteiger charge is 2.16. The summed E-state index contributed by atoms with van der Waals surface area (Å²) in [7, 11) is 0. The zero-order valence-electron chi connectivity index (χ0n) is 11.1. The van der Waals surface area contributed by atoms with Gasteiger partial charge in [0.15, 0.2) is 0 Å². The van der Waals surface area contributed by atoms with E-state index in [1.807, 2.05) is 6.92 Å². The van der Waals surface area contributed by atoms with Gasteiger partial charge >= 0.3 is 6.03 Å². The Morgan fingerprint density at radius 1 is 1.32 bits per heavy atom. The molecule has 0 aromatic heterocycles. The van der Waals surface area contributed by atoms with E-state index in [2.05, 4.69) is 10.6 Å². The first-order valence-electron chi connectivity index (χ1n) is 6.65. The fourth-order valence-corrected chi connectivity index (χ4v) is 2.40. The summed E-state index contributed by atoms with van der Waals surface area (Å²) in [5.41, 5.74) is 1.37. The lowest BCUT2D eigenvalue weighted by Gasteiger charge is -2.10. The summed E-state index contributed by atoms with van der Waals surface area (Å²) < 4.78 is 13.3. The van der Waals surface area contributed by atoms with Crippen molar-refractivity contribution < 1.29 is 9.18 Å². The first kappa shape index (κ1) is 13.6. The molecule has 2 amide bonds. The van der Waals surface area contributed by atoms with Gasteiger partial charge in [-0.25, -0.2) is 9.18 Å². The molecule has 0 atom stereocenters. The largest absolute Gasteiger partial charge is 0.323 e. The molecule has 0 radical (unpaired) electrons. The number of allylic oxidation sites excluding steroid dienone is 1. The summed E-state index contributed by atoms with van der Waals surface area (Å²) in [6.45, 7) is 2.03. The number of hydrogen-bond donors (Lipinski definition) is 2. The molecule has 0 heterocycles. The van der Waals surface area contributed by atoms with Crippen molar-refractivity contribution in [3.05, 3.63) is 41.9 Å². The summed E-state index contributed by atoms with van der Waals surface area (Å²) in [4.78, 5) is 11.7. The van der Waals surface area contributed by atoms with E-state index in [4.69, 9.17) is 0 Å². The van der Waals surface area contributed by atoms with Crippen LogP contribution < -0.4 is 10.6 Å². The molecule has 1 aliphatic carbocycles. The van der Waals surface area contributed by atoms with Crippen molar-refractivity contribution in [1.82, 2.24) is 5.32 Å². The van der Waals surface area contributed by atoms with E-state index in [9.17, 15) is 9.18 Å². The fourth-order valence-electron chi connectivity index (χ4n) is 2.40. The number of nitrogens with one attached hydrogen (secondary N) is 2. The van der Waals surface area contributed by atoms with E-state index in [1.165, 1.54) is 43.4 Å². The molecule has 1 aromatic carbocycles. The van der Waals surface area contributed by atoms with E-state index >= 15 is 0 Å². The van der Waals surface area contributed by atoms with Crippen molar-refractivity contribution in [2.24, 2.45) is 5.92 Å². The van der Waals surface area contributed by atoms with Gasteiger partial charge in [-0.3, -0.25) is 0 Å². The van der Waals surface area contributed by atoms with Crippen LogP contribution in [0.1, 0.15) is 32.6 Å². The second-order valence-corrected chi connectivity index (χ2v) is 4.95. The molecule has 0 spiro atoms. The third-order valence-corrected chi connectivity index (χ3v) is 3.55. The molecule has 0 unspecified atom stereocenters.